The number of carbonyl (C=O) groups excluding carboxylic acids is 1. The minimum Gasteiger partial charge on any atom is -0.494 e. The van der Waals surface area contributed by atoms with Crippen LogP contribution >= 0.6 is 0 Å². The summed E-state index contributed by atoms with van der Waals surface area (Å²) in [7, 11) is 0. The first-order valence-corrected chi connectivity index (χ1v) is 18.7. The first-order chi connectivity index (χ1) is 28.9. The van der Waals surface area contributed by atoms with Gasteiger partial charge in [0.15, 0.2) is 0 Å². The minimum atomic E-state index is -5.01. The number of aromatic nitrogens is 4. The molecule has 2 unspecified atom stereocenters. The van der Waals surface area contributed by atoms with Crippen molar-refractivity contribution in [2.24, 2.45) is 11.5 Å². The third-order valence-corrected chi connectivity index (χ3v) is 10.1. The number of primary amides is 1. The molecule has 2 aromatic heterocycles. The van der Waals surface area contributed by atoms with Crippen LogP contribution in [0.4, 0.5) is 26.3 Å². The van der Waals surface area contributed by atoms with Crippen LogP contribution in [0.5, 0.6) is 5.75 Å². The summed E-state index contributed by atoms with van der Waals surface area (Å²) in [6.07, 6.45) is -2.79. The molecule has 61 heavy (non-hydrogen) atoms. The van der Waals surface area contributed by atoms with Crippen LogP contribution in [0.3, 0.4) is 0 Å². The monoisotopic (exact) mass is 848 g/mol. The summed E-state index contributed by atoms with van der Waals surface area (Å²) >= 11 is 0. The van der Waals surface area contributed by atoms with Crippen molar-refractivity contribution in [3.8, 4) is 50.3 Å². The zero-order valence-electron chi connectivity index (χ0n) is 32.4. The molecule has 0 bridgehead atoms. The Labute approximate surface area is 344 Å². The molecule has 2 aliphatic rings. The molecule has 2 atom stereocenters. The molecule has 0 saturated heterocycles. The topological polar surface area (TPSA) is 200 Å². The quantitative estimate of drug-likeness (QED) is 0.0716. The fraction of sp³-hybridized carbons (Fsp3) is 0.233. The van der Waals surface area contributed by atoms with Crippen LogP contribution in [-0.4, -0.2) is 65.9 Å². The van der Waals surface area contributed by atoms with Crippen LogP contribution in [-0.2, 0) is 22.7 Å². The number of ether oxygens (including phenoxy) is 1. The summed E-state index contributed by atoms with van der Waals surface area (Å²) in [5.41, 5.74) is 5.12. The van der Waals surface area contributed by atoms with Crippen molar-refractivity contribution in [3.63, 3.8) is 0 Å². The second-order valence-electron chi connectivity index (χ2n) is 13.6. The number of carbonyl (C=O) groups is 2. The minimum absolute atomic E-state index is 0.00673. The maximum atomic E-state index is 14.2. The summed E-state index contributed by atoms with van der Waals surface area (Å²) in [5.74, 6) is -1.81. The third kappa shape index (κ3) is 7.69. The van der Waals surface area contributed by atoms with Crippen molar-refractivity contribution < 1.29 is 56.0 Å². The van der Waals surface area contributed by atoms with Gasteiger partial charge in [-0.1, -0.05) is 62.4 Å². The van der Waals surface area contributed by atoms with Gasteiger partial charge in [-0.25, -0.2) is 9.97 Å². The number of hydrogen-bond donors (Lipinski definition) is 5. The summed E-state index contributed by atoms with van der Waals surface area (Å²) in [4.78, 5) is 30.7. The number of benzene rings is 4. The van der Waals surface area contributed by atoms with Gasteiger partial charge in [-0.05, 0) is 58.5 Å². The van der Waals surface area contributed by atoms with E-state index >= 15 is 0 Å². The molecule has 18 heteroatoms. The van der Waals surface area contributed by atoms with Crippen LogP contribution in [0.25, 0.3) is 44.5 Å². The van der Waals surface area contributed by atoms with Gasteiger partial charge >= 0.3 is 18.3 Å². The number of nitrogens with two attached hydrogens (primary N) is 2. The lowest BCUT2D eigenvalue weighted by Crippen LogP contribution is -2.41. The van der Waals surface area contributed by atoms with E-state index in [0.29, 0.717) is 16.7 Å². The zero-order chi connectivity index (χ0) is 44.5. The van der Waals surface area contributed by atoms with Gasteiger partial charge in [-0.2, -0.15) is 31.4 Å². The zero-order valence-corrected chi connectivity index (χ0v) is 32.4. The van der Waals surface area contributed by atoms with Gasteiger partial charge in [0.05, 0.1) is 19.5 Å². The van der Waals surface area contributed by atoms with E-state index in [1.807, 2.05) is 13.8 Å². The molecule has 2 aliphatic carbocycles. The Kier molecular flexibility index (Phi) is 12.1. The van der Waals surface area contributed by atoms with Crippen LogP contribution in [0.2, 0.25) is 0 Å². The van der Waals surface area contributed by atoms with E-state index in [1.165, 1.54) is 90.4 Å². The number of aliphatic hydroxyl groups is 2. The predicted octanol–water partition coefficient (Wildman–Crippen LogP) is 7.54. The molecule has 0 spiro atoms. The maximum Gasteiger partial charge on any atom is 0.425 e. The van der Waals surface area contributed by atoms with Gasteiger partial charge < -0.3 is 31.5 Å². The van der Waals surface area contributed by atoms with E-state index < -0.39 is 41.0 Å². The van der Waals surface area contributed by atoms with E-state index in [9.17, 15) is 46.1 Å². The number of rotatable bonds is 9. The number of hydrogen-bond acceptors (Lipinski definition) is 9. The Balaban J connectivity index is 0.000000197. The molecule has 0 radical (unpaired) electrons. The Bertz CT molecular complexity index is 2600. The molecule has 7 N–H and O–H groups in total. The van der Waals surface area contributed by atoms with E-state index in [4.69, 9.17) is 21.3 Å². The van der Waals surface area contributed by atoms with E-state index in [0.717, 1.165) is 6.07 Å². The smallest absolute Gasteiger partial charge is 0.425 e. The van der Waals surface area contributed by atoms with Gasteiger partial charge in [0.1, 0.15) is 12.1 Å². The van der Waals surface area contributed by atoms with Crippen molar-refractivity contribution in [3.05, 3.63) is 132 Å². The highest BCUT2D eigenvalue weighted by atomic mass is 19.4. The molecular formula is C43H38F6N6O6. The molecule has 318 valence electrons. The first kappa shape index (κ1) is 43.9. The lowest BCUT2D eigenvalue weighted by molar-refractivity contribution is -0.247. The number of nitrogens with zero attached hydrogens (tertiary/aromatic N) is 4. The molecule has 8 rings (SSSR count). The van der Waals surface area contributed by atoms with E-state index in [2.05, 4.69) is 15.1 Å². The second kappa shape index (κ2) is 16.8. The fourth-order valence-corrected chi connectivity index (χ4v) is 7.48. The maximum absolute atomic E-state index is 14.2. The highest BCUT2D eigenvalue weighted by molar-refractivity contribution is 6.04. The second-order valence-corrected chi connectivity index (χ2v) is 13.6. The first-order valence-electron chi connectivity index (χ1n) is 18.7. The van der Waals surface area contributed by atoms with Crippen LogP contribution in [0.1, 0.15) is 59.3 Å². The summed E-state index contributed by atoms with van der Waals surface area (Å²) in [6.45, 7) is 4.07. The predicted molar refractivity (Wildman–Crippen MR) is 211 cm³/mol. The van der Waals surface area contributed by atoms with Crippen molar-refractivity contribution >= 4 is 11.9 Å². The van der Waals surface area contributed by atoms with Gasteiger partial charge in [0.2, 0.25) is 17.1 Å². The Morgan fingerprint density at radius 3 is 1.82 bits per heavy atom. The van der Waals surface area contributed by atoms with Crippen LogP contribution < -0.4 is 16.2 Å². The Morgan fingerprint density at radius 2 is 1.30 bits per heavy atom. The van der Waals surface area contributed by atoms with E-state index in [-0.39, 0.29) is 81.9 Å². The number of amides is 1. The number of alkyl halides is 6. The van der Waals surface area contributed by atoms with Gasteiger partial charge in [-0.15, -0.1) is 0 Å². The highest BCUT2D eigenvalue weighted by Crippen LogP contribution is 2.59. The average Bonchev–Trinajstić information content (AvgIpc) is 3.91. The molecule has 4 aromatic carbocycles. The molecule has 0 saturated carbocycles. The molecule has 0 fully saturated rings. The largest absolute Gasteiger partial charge is 0.494 e. The lowest BCUT2D eigenvalue weighted by Gasteiger charge is -2.28. The number of carboxylic acids is 1. The van der Waals surface area contributed by atoms with Crippen LogP contribution in [0.15, 0.2) is 104 Å². The summed E-state index contributed by atoms with van der Waals surface area (Å²) in [5, 5.41) is 34.6. The molecular weight excluding hydrogens is 810 g/mol. The van der Waals surface area contributed by atoms with Crippen molar-refractivity contribution in [2.75, 3.05) is 6.61 Å². The summed E-state index contributed by atoms with van der Waals surface area (Å²) in [6, 6.07) is 16.7. The molecule has 6 aromatic rings. The van der Waals surface area contributed by atoms with Crippen LogP contribution in [0, 0.1) is 0 Å². The number of carboxylic acid groups (broad SMARTS) is 1. The molecule has 12 nitrogen and oxygen atoms in total. The molecule has 2 heterocycles. The fourth-order valence-electron chi connectivity index (χ4n) is 7.48. The molecule has 0 aliphatic heterocycles. The number of halogens is 6. The number of fused-ring (bicyclic) bond motifs is 6. The Hall–Kier alpha value is -6.63. The average molecular weight is 849 g/mol. The van der Waals surface area contributed by atoms with Crippen molar-refractivity contribution in [1.82, 2.24) is 19.7 Å². The van der Waals surface area contributed by atoms with Gasteiger partial charge in [0, 0.05) is 69.5 Å². The normalized spacial score (nSPS) is 17.1. The van der Waals surface area contributed by atoms with Crippen molar-refractivity contribution in [1.29, 1.82) is 0 Å². The summed E-state index contributed by atoms with van der Waals surface area (Å²) < 4.78 is 91.6. The molecule has 1 amide bonds. The van der Waals surface area contributed by atoms with Crippen molar-refractivity contribution in [2.45, 2.75) is 56.9 Å². The SMILES string of the molecule is CC.NCn1cc(-c2cc(C(N)=O)c3c(c2)C(O)(C(F)(F)F)c2ccccc2-3)cn1.O=C(O)CCCOc1cc(-c2cncnc2)c2c(c1)C(O)(C(F)(F)F)c1ccccc1-2. The van der Waals surface area contributed by atoms with Gasteiger partial charge in [0.25, 0.3) is 0 Å². The van der Waals surface area contributed by atoms with E-state index in [1.54, 1.807) is 12.1 Å². The standard InChI is InChI=1S/C22H17F3N2O4.C19H15F3N4O2.C2H6/c23-22(24,25)21(30)17-5-2-1-4-15(17)20-16(13-10-26-12-27-11-13)8-14(9-18(20)21)31-7-3-6-19(28)29;20-19(21,22)18(28)14-4-2-1-3-12(14)16-13(17(24)27)5-10(6-15(16)18)11-7-25-26(8-11)9-23;1-2/h1-2,4-5,8-12,30H,3,6-7H2,(H,28,29);1-8,28H,9,23H2,(H2,24,27);1-2H3. The third-order valence-electron chi connectivity index (χ3n) is 10.1. The highest BCUT2D eigenvalue weighted by Gasteiger charge is 2.62. The van der Waals surface area contributed by atoms with Gasteiger partial charge in [-0.3, -0.25) is 14.3 Å². The Morgan fingerprint density at radius 1 is 0.738 bits per heavy atom. The lowest BCUT2D eigenvalue weighted by atomic mass is 9.88. The number of aliphatic carboxylic acids is 1.